The van der Waals surface area contributed by atoms with Gasteiger partial charge < -0.3 is 19.7 Å². The minimum Gasteiger partial charge on any atom is -0.478 e. The van der Waals surface area contributed by atoms with E-state index in [1.165, 1.54) is 24.3 Å². The van der Waals surface area contributed by atoms with Gasteiger partial charge in [-0.15, -0.1) is 0 Å². The van der Waals surface area contributed by atoms with Gasteiger partial charge in [0.25, 0.3) is 0 Å². The van der Waals surface area contributed by atoms with Crippen LogP contribution in [0.2, 0.25) is 0 Å². The van der Waals surface area contributed by atoms with Gasteiger partial charge in [-0.2, -0.15) is 0 Å². The van der Waals surface area contributed by atoms with E-state index in [0.717, 1.165) is 20.3 Å². The highest BCUT2D eigenvalue weighted by molar-refractivity contribution is 6.22. The van der Waals surface area contributed by atoms with Gasteiger partial charge >= 0.3 is 23.9 Å². The van der Waals surface area contributed by atoms with Crippen LogP contribution < -0.4 is 0 Å². The number of carboxylic acid groups (broad SMARTS) is 2. The summed E-state index contributed by atoms with van der Waals surface area (Å²) in [6, 6.07) is 8.26. The van der Waals surface area contributed by atoms with Crippen molar-refractivity contribution in [1.82, 2.24) is 0 Å². The SMILES string of the molecule is COC(=O)c1c(C(=O)c2ccccc2)cc(C(=O)O)c(C(=O)O)c1C(=O)OC. The lowest BCUT2D eigenvalue weighted by atomic mass is 9.87. The van der Waals surface area contributed by atoms with E-state index in [4.69, 9.17) is 0 Å². The van der Waals surface area contributed by atoms with E-state index >= 15 is 0 Å². The molecule has 0 radical (unpaired) electrons. The Morgan fingerprint density at radius 1 is 0.714 bits per heavy atom. The van der Waals surface area contributed by atoms with Crippen LogP contribution in [0.1, 0.15) is 57.4 Å². The van der Waals surface area contributed by atoms with Crippen molar-refractivity contribution in [2.75, 3.05) is 14.2 Å². The van der Waals surface area contributed by atoms with Gasteiger partial charge in [0.2, 0.25) is 0 Å². The summed E-state index contributed by atoms with van der Waals surface area (Å²) in [5, 5.41) is 18.9. The second-order valence-electron chi connectivity index (χ2n) is 5.39. The first kappa shape index (κ1) is 20.3. The van der Waals surface area contributed by atoms with E-state index in [2.05, 4.69) is 9.47 Å². The number of carboxylic acids is 2. The molecule has 0 aromatic heterocycles. The predicted molar refractivity (Wildman–Crippen MR) is 92.9 cm³/mol. The van der Waals surface area contributed by atoms with Crippen molar-refractivity contribution in [3.63, 3.8) is 0 Å². The quantitative estimate of drug-likeness (QED) is 0.561. The second kappa shape index (κ2) is 8.12. The highest BCUT2D eigenvalue weighted by Gasteiger charge is 2.35. The van der Waals surface area contributed by atoms with Gasteiger partial charge in [-0.05, 0) is 6.07 Å². The van der Waals surface area contributed by atoms with E-state index in [0.29, 0.717) is 0 Å². The van der Waals surface area contributed by atoms with Gasteiger partial charge in [-0.1, -0.05) is 30.3 Å². The Morgan fingerprint density at radius 2 is 1.25 bits per heavy atom. The van der Waals surface area contributed by atoms with Gasteiger partial charge in [-0.3, -0.25) is 4.79 Å². The van der Waals surface area contributed by atoms with Crippen molar-refractivity contribution >= 4 is 29.7 Å². The monoisotopic (exact) mass is 386 g/mol. The first-order chi connectivity index (χ1) is 13.2. The fourth-order valence-electron chi connectivity index (χ4n) is 2.62. The number of hydrogen-bond acceptors (Lipinski definition) is 7. The van der Waals surface area contributed by atoms with Gasteiger partial charge in [0.1, 0.15) is 0 Å². The van der Waals surface area contributed by atoms with Crippen LogP contribution in [0, 0.1) is 0 Å². The minimum absolute atomic E-state index is 0.0860. The van der Waals surface area contributed by atoms with E-state index in [1.54, 1.807) is 6.07 Å². The summed E-state index contributed by atoms with van der Waals surface area (Å²) in [7, 11) is 1.88. The average Bonchev–Trinajstić information content (AvgIpc) is 2.70. The average molecular weight is 386 g/mol. The van der Waals surface area contributed by atoms with E-state index in [1.807, 2.05) is 0 Å². The molecule has 0 aliphatic heterocycles. The molecule has 9 heteroatoms. The lowest BCUT2D eigenvalue weighted by Crippen LogP contribution is -2.24. The fraction of sp³-hybridized carbons (Fsp3) is 0.105. The van der Waals surface area contributed by atoms with E-state index in [-0.39, 0.29) is 5.56 Å². The molecule has 0 saturated carbocycles. The number of esters is 2. The van der Waals surface area contributed by atoms with Gasteiger partial charge in [0, 0.05) is 11.1 Å². The summed E-state index contributed by atoms with van der Waals surface area (Å²) in [6.07, 6.45) is 0. The smallest absolute Gasteiger partial charge is 0.339 e. The zero-order valence-corrected chi connectivity index (χ0v) is 14.7. The Hall–Kier alpha value is -4.01. The van der Waals surface area contributed by atoms with Crippen molar-refractivity contribution in [2.45, 2.75) is 0 Å². The molecule has 0 fully saturated rings. The summed E-state index contributed by atoms with van der Waals surface area (Å²) in [6.45, 7) is 0. The molecular weight excluding hydrogens is 372 g/mol. The number of carbonyl (C=O) groups is 5. The molecule has 0 aliphatic rings. The molecule has 0 atom stereocenters. The molecule has 0 spiro atoms. The van der Waals surface area contributed by atoms with Crippen LogP contribution in [0.3, 0.4) is 0 Å². The predicted octanol–water partition coefficient (Wildman–Crippen LogP) is 1.89. The molecule has 144 valence electrons. The number of ether oxygens (including phenoxy) is 2. The lowest BCUT2D eigenvalue weighted by Gasteiger charge is -2.16. The van der Waals surface area contributed by atoms with Crippen LogP contribution in [0.4, 0.5) is 0 Å². The highest BCUT2D eigenvalue weighted by atomic mass is 16.5. The largest absolute Gasteiger partial charge is 0.478 e. The van der Waals surface area contributed by atoms with Gasteiger partial charge in [0.05, 0.1) is 36.5 Å². The second-order valence-corrected chi connectivity index (χ2v) is 5.39. The molecule has 2 aromatic carbocycles. The molecule has 0 heterocycles. The molecule has 2 rings (SSSR count). The van der Waals surface area contributed by atoms with Gasteiger partial charge in [0.15, 0.2) is 5.78 Å². The number of carbonyl (C=O) groups excluding carboxylic acids is 3. The molecule has 0 saturated heterocycles. The fourth-order valence-corrected chi connectivity index (χ4v) is 2.62. The van der Waals surface area contributed by atoms with Crippen molar-refractivity contribution in [1.29, 1.82) is 0 Å². The number of methoxy groups -OCH3 is 2. The van der Waals surface area contributed by atoms with Crippen molar-refractivity contribution in [2.24, 2.45) is 0 Å². The van der Waals surface area contributed by atoms with Crippen LogP contribution >= 0.6 is 0 Å². The van der Waals surface area contributed by atoms with Crippen molar-refractivity contribution in [3.05, 3.63) is 69.8 Å². The molecule has 28 heavy (non-hydrogen) atoms. The molecule has 0 aliphatic carbocycles. The third-order valence-electron chi connectivity index (χ3n) is 3.83. The van der Waals surface area contributed by atoms with Crippen LogP contribution in [0.25, 0.3) is 0 Å². The number of ketones is 1. The summed E-state index contributed by atoms with van der Waals surface area (Å²) in [5.74, 6) is -6.80. The first-order valence-corrected chi connectivity index (χ1v) is 7.68. The number of aromatic carboxylic acids is 2. The summed E-state index contributed by atoms with van der Waals surface area (Å²) in [5.41, 5.74) is -3.81. The highest BCUT2D eigenvalue weighted by Crippen LogP contribution is 2.28. The molecule has 9 nitrogen and oxygen atoms in total. The molecule has 0 bridgehead atoms. The normalized spacial score (nSPS) is 10.1. The molecule has 0 unspecified atom stereocenters. The summed E-state index contributed by atoms with van der Waals surface area (Å²) in [4.78, 5) is 60.8. The van der Waals surface area contributed by atoms with Gasteiger partial charge in [-0.25, -0.2) is 19.2 Å². The standard InChI is InChI=1S/C19H14O9/c1-27-18(25)13-10(15(20)9-6-4-3-5-7-9)8-11(16(21)22)12(17(23)24)14(13)19(26)28-2/h3-8H,1-2H3,(H,21,22)(H,23,24). The van der Waals surface area contributed by atoms with Crippen LogP contribution in [-0.2, 0) is 9.47 Å². The Labute approximate surface area is 158 Å². The third kappa shape index (κ3) is 3.58. The number of rotatable bonds is 6. The maximum Gasteiger partial charge on any atom is 0.339 e. The molecule has 2 N–H and O–H groups in total. The van der Waals surface area contributed by atoms with Crippen LogP contribution in [0.15, 0.2) is 36.4 Å². The zero-order chi connectivity index (χ0) is 21.0. The van der Waals surface area contributed by atoms with E-state index in [9.17, 15) is 34.2 Å². The topological polar surface area (TPSA) is 144 Å². The first-order valence-electron chi connectivity index (χ1n) is 7.68. The summed E-state index contributed by atoms with van der Waals surface area (Å²) >= 11 is 0. The Morgan fingerprint density at radius 3 is 1.71 bits per heavy atom. The Balaban J connectivity index is 3.03. The zero-order valence-electron chi connectivity index (χ0n) is 14.7. The molecule has 0 amide bonds. The lowest BCUT2D eigenvalue weighted by molar-refractivity contribution is 0.0543. The minimum atomic E-state index is -1.79. The Bertz CT molecular complexity index is 990. The summed E-state index contributed by atoms with van der Waals surface area (Å²) < 4.78 is 9.12. The van der Waals surface area contributed by atoms with Crippen molar-refractivity contribution in [3.8, 4) is 0 Å². The maximum absolute atomic E-state index is 12.9. The maximum atomic E-state index is 12.9. The molecule has 2 aromatic rings. The van der Waals surface area contributed by atoms with E-state index < -0.39 is 57.5 Å². The third-order valence-corrected chi connectivity index (χ3v) is 3.83. The van der Waals surface area contributed by atoms with Crippen LogP contribution in [-0.4, -0.2) is 54.1 Å². The number of hydrogen-bond donors (Lipinski definition) is 2. The molecular formula is C19H14O9. The van der Waals surface area contributed by atoms with Crippen LogP contribution in [0.5, 0.6) is 0 Å². The van der Waals surface area contributed by atoms with Crippen molar-refractivity contribution < 1.29 is 43.7 Å². The number of benzene rings is 2. The Kier molecular flexibility index (Phi) is 5.89.